The van der Waals surface area contributed by atoms with Crippen LogP contribution in [0.25, 0.3) is 22.4 Å². The van der Waals surface area contributed by atoms with Crippen molar-refractivity contribution in [2.45, 2.75) is 24.8 Å². The predicted octanol–water partition coefficient (Wildman–Crippen LogP) is 5.01. The van der Waals surface area contributed by atoms with Crippen molar-refractivity contribution in [1.29, 1.82) is 0 Å². The van der Waals surface area contributed by atoms with Crippen LogP contribution in [0.1, 0.15) is 28.6 Å². The topological polar surface area (TPSA) is 70.2 Å². The molecule has 0 aliphatic carbocycles. The highest BCUT2D eigenvalue weighted by Crippen LogP contribution is 2.32. The van der Waals surface area contributed by atoms with Crippen LogP contribution in [0.3, 0.4) is 0 Å². The van der Waals surface area contributed by atoms with E-state index >= 15 is 0 Å². The summed E-state index contributed by atoms with van der Waals surface area (Å²) in [5.41, 5.74) is 3.69. The van der Waals surface area contributed by atoms with Crippen molar-refractivity contribution in [3.63, 3.8) is 0 Å². The van der Waals surface area contributed by atoms with E-state index in [-0.39, 0.29) is 5.76 Å². The van der Waals surface area contributed by atoms with Crippen LogP contribution in [0.15, 0.2) is 58.1 Å². The number of carbonyl (C=O) groups is 1. The first-order valence-corrected chi connectivity index (χ1v) is 10.3. The minimum absolute atomic E-state index is 0.251. The van der Waals surface area contributed by atoms with Gasteiger partial charge in [0.2, 0.25) is 5.76 Å². The van der Waals surface area contributed by atoms with Crippen LogP contribution in [-0.4, -0.2) is 27.3 Å². The number of nitrogens with zero attached hydrogens (tertiary/aromatic N) is 3. The lowest BCUT2D eigenvalue weighted by molar-refractivity contribution is 0.0491. The molecule has 2 aromatic heterocycles. The average molecular weight is 407 g/mol. The number of carbonyl (C=O) groups excluding carboxylic acids is 1. The highest BCUT2D eigenvalue weighted by Gasteiger charge is 2.22. The summed E-state index contributed by atoms with van der Waals surface area (Å²) in [6, 6.07) is 15.8. The largest absolute Gasteiger partial charge is 0.460 e. The molecule has 0 atom stereocenters. The Morgan fingerprint density at radius 3 is 2.66 bits per heavy atom. The normalized spacial score (nSPS) is 11.1. The van der Waals surface area contributed by atoms with E-state index in [2.05, 4.69) is 29.3 Å². The molecule has 6 nitrogen and oxygen atoms in total. The molecule has 0 fully saturated rings. The van der Waals surface area contributed by atoms with Crippen molar-refractivity contribution in [3.8, 4) is 11.4 Å². The molecule has 0 bridgehead atoms. The minimum Gasteiger partial charge on any atom is -0.460 e. The van der Waals surface area contributed by atoms with Gasteiger partial charge in [-0.3, -0.25) is 0 Å². The highest BCUT2D eigenvalue weighted by atomic mass is 32.2. The quantitative estimate of drug-likeness (QED) is 0.331. The van der Waals surface area contributed by atoms with Gasteiger partial charge in [-0.1, -0.05) is 59.8 Å². The first-order valence-electron chi connectivity index (χ1n) is 9.35. The van der Waals surface area contributed by atoms with E-state index < -0.39 is 5.97 Å². The fourth-order valence-corrected chi connectivity index (χ4v) is 4.07. The molecule has 7 heteroatoms. The predicted molar refractivity (Wildman–Crippen MR) is 113 cm³/mol. The van der Waals surface area contributed by atoms with Crippen LogP contribution in [0, 0.1) is 6.92 Å². The molecule has 0 amide bonds. The maximum Gasteiger partial charge on any atom is 0.374 e. The Morgan fingerprint density at radius 1 is 1.14 bits per heavy atom. The number of para-hydroxylation sites is 1. The van der Waals surface area contributed by atoms with Crippen molar-refractivity contribution < 1.29 is 13.9 Å². The Balaban J connectivity index is 1.63. The number of ether oxygens (including phenoxy) is 1. The van der Waals surface area contributed by atoms with E-state index in [4.69, 9.17) is 9.15 Å². The second kappa shape index (κ2) is 8.13. The van der Waals surface area contributed by atoms with Crippen molar-refractivity contribution >= 4 is 28.7 Å². The Hall–Kier alpha value is -3.06. The summed E-state index contributed by atoms with van der Waals surface area (Å²) in [6.45, 7) is 4.13. The van der Waals surface area contributed by atoms with Gasteiger partial charge >= 0.3 is 5.97 Å². The number of fused-ring (bicyclic) bond motifs is 1. The van der Waals surface area contributed by atoms with Gasteiger partial charge in [-0.25, -0.2) is 4.79 Å². The molecule has 0 N–H and O–H groups in total. The second-order valence-corrected chi connectivity index (χ2v) is 7.59. The van der Waals surface area contributed by atoms with Crippen LogP contribution in [0.5, 0.6) is 0 Å². The van der Waals surface area contributed by atoms with Crippen LogP contribution in [-0.2, 0) is 17.5 Å². The Kier molecular flexibility index (Phi) is 5.40. The van der Waals surface area contributed by atoms with Gasteiger partial charge in [0.1, 0.15) is 5.58 Å². The lowest BCUT2D eigenvalue weighted by Crippen LogP contribution is -2.06. The van der Waals surface area contributed by atoms with Gasteiger partial charge in [0.25, 0.3) is 0 Å². The van der Waals surface area contributed by atoms with Crippen LogP contribution in [0.2, 0.25) is 0 Å². The Morgan fingerprint density at radius 2 is 1.90 bits per heavy atom. The van der Waals surface area contributed by atoms with Gasteiger partial charge in [0, 0.05) is 29.3 Å². The van der Waals surface area contributed by atoms with Crippen LogP contribution in [0.4, 0.5) is 0 Å². The molecule has 0 spiro atoms. The van der Waals surface area contributed by atoms with Crippen molar-refractivity contribution in [1.82, 2.24) is 14.8 Å². The third-order valence-corrected chi connectivity index (χ3v) is 5.70. The SMILES string of the molecule is CCOC(=O)c1oc2ccccc2c1CSc1nnc(-c2ccc(C)cc2)n1C. The van der Waals surface area contributed by atoms with E-state index in [0.29, 0.717) is 17.9 Å². The maximum atomic E-state index is 12.4. The summed E-state index contributed by atoms with van der Waals surface area (Å²) in [6.07, 6.45) is 0. The number of benzene rings is 2. The van der Waals surface area contributed by atoms with Crippen molar-refractivity contribution in [3.05, 3.63) is 65.4 Å². The lowest BCUT2D eigenvalue weighted by atomic mass is 10.1. The Bertz CT molecular complexity index is 1160. The summed E-state index contributed by atoms with van der Waals surface area (Å²) >= 11 is 1.51. The third-order valence-electron chi connectivity index (χ3n) is 4.65. The fourth-order valence-electron chi connectivity index (χ4n) is 3.13. The summed E-state index contributed by atoms with van der Waals surface area (Å²) in [7, 11) is 1.94. The van der Waals surface area contributed by atoms with Gasteiger partial charge < -0.3 is 13.7 Å². The molecular weight excluding hydrogens is 386 g/mol. The molecule has 4 aromatic rings. The number of hydrogen-bond donors (Lipinski definition) is 0. The number of thioether (sulfide) groups is 1. The number of aromatic nitrogens is 3. The van der Waals surface area contributed by atoms with Crippen molar-refractivity contribution in [2.24, 2.45) is 7.05 Å². The highest BCUT2D eigenvalue weighted by molar-refractivity contribution is 7.98. The summed E-state index contributed by atoms with van der Waals surface area (Å²) in [4.78, 5) is 12.4. The van der Waals surface area contributed by atoms with E-state index in [0.717, 1.165) is 27.5 Å². The first-order chi connectivity index (χ1) is 14.1. The van der Waals surface area contributed by atoms with Gasteiger partial charge in [-0.15, -0.1) is 10.2 Å². The average Bonchev–Trinajstić information content (AvgIpc) is 3.28. The number of rotatable bonds is 6. The van der Waals surface area contributed by atoms with E-state index in [1.54, 1.807) is 6.92 Å². The molecule has 2 aromatic carbocycles. The molecule has 148 valence electrons. The standard InChI is InChI=1S/C22H21N3O3S/c1-4-27-21(26)19-17(16-7-5-6-8-18(16)28-19)13-29-22-24-23-20(25(22)3)15-11-9-14(2)10-12-15/h5-12H,4,13H2,1-3H3. The van der Waals surface area contributed by atoms with Gasteiger partial charge in [-0.05, 0) is 19.9 Å². The zero-order valence-electron chi connectivity index (χ0n) is 16.5. The molecule has 0 radical (unpaired) electrons. The zero-order chi connectivity index (χ0) is 20.4. The van der Waals surface area contributed by atoms with Crippen molar-refractivity contribution in [2.75, 3.05) is 6.61 Å². The molecule has 29 heavy (non-hydrogen) atoms. The molecule has 0 saturated carbocycles. The molecule has 0 aliphatic heterocycles. The summed E-state index contributed by atoms with van der Waals surface area (Å²) < 4.78 is 12.9. The smallest absolute Gasteiger partial charge is 0.374 e. The van der Waals surface area contributed by atoms with E-state index in [1.165, 1.54) is 17.3 Å². The van der Waals surface area contributed by atoms with Crippen LogP contribution >= 0.6 is 11.8 Å². The van der Waals surface area contributed by atoms with E-state index in [1.807, 2.05) is 48.0 Å². The number of esters is 1. The first kappa shape index (κ1) is 19.3. The lowest BCUT2D eigenvalue weighted by Gasteiger charge is -2.05. The van der Waals surface area contributed by atoms with E-state index in [9.17, 15) is 4.79 Å². The van der Waals surface area contributed by atoms with Gasteiger partial charge in [0.15, 0.2) is 11.0 Å². The minimum atomic E-state index is -0.447. The molecule has 0 saturated heterocycles. The number of hydrogen-bond acceptors (Lipinski definition) is 6. The fraction of sp³-hybridized carbons (Fsp3) is 0.227. The molecule has 2 heterocycles. The molecule has 0 aliphatic rings. The van der Waals surface area contributed by atoms with Crippen LogP contribution < -0.4 is 0 Å². The second-order valence-electron chi connectivity index (χ2n) is 6.65. The molecule has 4 rings (SSSR count). The molecular formula is C22H21N3O3S. The summed E-state index contributed by atoms with van der Waals surface area (Å²) in [5.74, 6) is 1.12. The monoisotopic (exact) mass is 407 g/mol. The van der Waals surface area contributed by atoms with Gasteiger partial charge in [0.05, 0.1) is 6.61 Å². The number of furan rings is 1. The zero-order valence-corrected chi connectivity index (χ0v) is 17.3. The van der Waals surface area contributed by atoms with Gasteiger partial charge in [-0.2, -0.15) is 0 Å². The Labute approximate surface area is 172 Å². The number of aryl methyl sites for hydroxylation is 1. The maximum absolute atomic E-state index is 12.4. The molecule has 0 unspecified atom stereocenters. The summed E-state index contributed by atoms with van der Waals surface area (Å²) in [5, 5.41) is 10.3. The third kappa shape index (κ3) is 3.78.